The second-order valence-corrected chi connectivity index (χ2v) is 8.58. The first-order valence-electron chi connectivity index (χ1n) is 8.43. The Kier molecular flexibility index (Phi) is 6.61. The second kappa shape index (κ2) is 9.13. The summed E-state index contributed by atoms with van der Waals surface area (Å²) in [4.78, 5) is 18.7. The largest absolute Gasteiger partial charge is 0.485 e. The molecule has 0 saturated heterocycles. The molecule has 3 aromatic rings. The summed E-state index contributed by atoms with van der Waals surface area (Å²) in [7, 11) is -3.56. The Morgan fingerprint density at radius 2 is 1.96 bits per heavy atom. The van der Waals surface area contributed by atoms with E-state index in [4.69, 9.17) is 4.74 Å². The van der Waals surface area contributed by atoms with Crippen LogP contribution in [0.25, 0.3) is 0 Å². The van der Waals surface area contributed by atoms with Crippen molar-refractivity contribution >= 4 is 31.7 Å². The fraction of sp³-hybridized carbons (Fsp3) is 0.158. The molecule has 28 heavy (non-hydrogen) atoms. The van der Waals surface area contributed by atoms with E-state index in [1.807, 2.05) is 6.07 Å². The highest BCUT2D eigenvalue weighted by Gasteiger charge is 2.13. The van der Waals surface area contributed by atoms with E-state index in [0.717, 1.165) is 10.0 Å². The van der Waals surface area contributed by atoms with Crippen molar-refractivity contribution in [2.24, 2.45) is 0 Å². The third-order valence-corrected chi connectivity index (χ3v) is 5.87. The summed E-state index contributed by atoms with van der Waals surface area (Å²) >= 11 is 3.28. The van der Waals surface area contributed by atoms with Crippen LogP contribution in [0.5, 0.6) is 5.75 Å². The van der Waals surface area contributed by atoms with Gasteiger partial charge >= 0.3 is 0 Å². The van der Waals surface area contributed by atoms with Gasteiger partial charge in [-0.25, -0.2) is 18.1 Å². The molecule has 146 valence electrons. The smallest absolute Gasteiger partial charge is 0.240 e. The van der Waals surface area contributed by atoms with Crippen LogP contribution in [-0.4, -0.2) is 37.3 Å². The Hall–Kier alpha value is -2.49. The first kappa shape index (κ1) is 20.2. The second-order valence-electron chi connectivity index (χ2n) is 5.90. The number of H-pyrrole nitrogens is 1. The summed E-state index contributed by atoms with van der Waals surface area (Å²) in [6.07, 6.45) is 3.56. The predicted octanol–water partition coefficient (Wildman–Crippen LogP) is 2.95. The van der Waals surface area contributed by atoms with Gasteiger partial charge in [0.1, 0.15) is 5.75 Å². The molecule has 0 spiro atoms. The van der Waals surface area contributed by atoms with Crippen molar-refractivity contribution in [2.75, 3.05) is 13.2 Å². The summed E-state index contributed by atoms with van der Waals surface area (Å²) in [5.41, 5.74) is 0.890. The van der Waals surface area contributed by atoms with Gasteiger partial charge in [0.05, 0.1) is 4.90 Å². The molecule has 0 atom stereocenters. The molecule has 7 nitrogen and oxygen atoms in total. The lowest BCUT2D eigenvalue weighted by Crippen LogP contribution is -2.26. The lowest BCUT2D eigenvalue weighted by Gasteiger charge is -2.09. The minimum atomic E-state index is -3.56. The maximum Gasteiger partial charge on any atom is 0.240 e. The van der Waals surface area contributed by atoms with Crippen LogP contribution in [0.2, 0.25) is 0 Å². The Bertz CT molecular complexity index is 1040. The number of sulfonamides is 1. The van der Waals surface area contributed by atoms with Gasteiger partial charge in [-0.05, 0) is 48.4 Å². The molecule has 0 unspecified atom stereocenters. The Labute approximate surface area is 171 Å². The lowest BCUT2D eigenvalue weighted by molar-refractivity contribution is 0.0912. The van der Waals surface area contributed by atoms with Crippen molar-refractivity contribution in [3.05, 3.63) is 76.8 Å². The molecule has 1 aromatic heterocycles. The SMILES string of the molecule is O=C(COc1cccc(CCNS(=O)(=O)c2ccc(Br)cc2)c1)c1ncc[nH]1. The monoisotopic (exact) mass is 463 g/mol. The van der Waals surface area contributed by atoms with Gasteiger partial charge in [-0.1, -0.05) is 28.1 Å². The fourth-order valence-electron chi connectivity index (χ4n) is 2.45. The highest BCUT2D eigenvalue weighted by molar-refractivity contribution is 9.10. The normalized spacial score (nSPS) is 11.3. The number of benzene rings is 2. The van der Waals surface area contributed by atoms with Crippen LogP contribution in [0.3, 0.4) is 0 Å². The van der Waals surface area contributed by atoms with Crippen LogP contribution in [0.15, 0.2) is 70.3 Å². The maximum absolute atomic E-state index is 12.3. The highest BCUT2D eigenvalue weighted by atomic mass is 79.9. The number of aromatic amines is 1. The van der Waals surface area contributed by atoms with Gasteiger partial charge in [0, 0.05) is 23.4 Å². The molecule has 2 aromatic carbocycles. The molecule has 0 aliphatic carbocycles. The average Bonchev–Trinajstić information content (AvgIpc) is 3.22. The third kappa shape index (κ3) is 5.51. The van der Waals surface area contributed by atoms with Crippen LogP contribution in [0, 0.1) is 0 Å². The average molecular weight is 464 g/mol. The minimum absolute atomic E-state index is 0.132. The molecule has 0 saturated carbocycles. The summed E-state index contributed by atoms with van der Waals surface area (Å²) in [5, 5.41) is 0. The third-order valence-electron chi connectivity index (χ3n) is 3.86. The number of carbonyl (C=O) groups is 1. The molecule has 2 N–H and O–H groups in total. The first-order chi connectivity index (χ1) is 13.4. The predicted molar refractivity (Wildman–Crippen MR) is 108 cm³/mol. The van der Waals surface area contributed by atoms with Crippen molar-refractivity contribution in [2.45, 2.75) is 11.3 Å². The Balaban J connectivity index is 1.53. The number of ketones is 1. The van der Waals surface area contributed by atoms with Gasteiger partial charge in [-0.3, -0.25) is 4.79 Å². The highest BCUT2D eigenvalue weighted by Crippen LogP contribution is 2.16. The number of hydrogen-bond donors (Lipinski definition) is 2. The van der Waals surface area contributed by atoms with Crippen LogP contribution >= 0.6 is 15.9 Å². The Morgan fingerprint density at radius 3 is 2.68 bits per heavy atom. The van der Waals surface area contributed by atoms with Crippen LogP contribution in [0.4, 0.5) is 0 Å². The van der Waals surface area contributed by atoms with E-state index in [1.165, 1.54) is 18.3 Å². The summed E-state index contributed by atoms with van der Waals surface area (Å²) < 4.78 is 33.5. The van der Waals surface area contributed by atoms with E-state index >= 15 is 0 Å². The van der Waals surface area contributed by atoms with E-state index in [-0.39, 0.29) is 29.7 Å². The number of aromatic nitrogens is 2. The van der Waals surface area contributed by atoms with Crippen LogP contribution in [-0.2, 0) is 16.4 Å². The van der Waals surface area contributed by atoms with Gasteiger partial charge in [0.2, 0.25) is 15.8 Å². The van der Waals surface area contributed by atoms with Crippen molar-refractivity contribution in [3.63, 3.8) is 0 Å². The summed E-state index contributed by atoms with van der Waals surface area (Å²) in [6, 6.07) is 13.6. The van der Waals surface area contributed by atoms with Crippen molar-refractivity contribution in [1.82, 2.24) is 14.7 Å². The molecule has 1 heterocycles. The lowest BCUT2D eigenvalue weighted by atomic mass is 10.1. The number of nitrogens with zero attached hydrogens (tertiary/aromatic N) is 1. The number of hydrogen-bond acceptors (Lipinski definition) is 5. The molecule has 3 rings (SSSR count). The van der Waals surface area contributed by atoms with Crippen molar-refractivity contribution < 1.29 is 17.9 Å². The maximum atomic E-state index is 12.3. The number of halogens is 1. The zero-order chi connectivity index (χ0) is 20.0. The zero-order valence-corrected chi connectivity index (χ0v) is 17.2. The van der Waals surface area contributed by atoms with E-state index in [1.54, 1.807) is 36.5 Å². The quantitative estimate of drug-likeness (QED) is 0.475. The standard InChI is InChI=1S/C19H18BrN3O4S/c20-15-4-6-17(7-5-15)28(25,26)23-9-8-14-2-1-3-16(12-14)27-13-18(24)19-21-10-11-22-19/h1-7,10-12,23H,8-9,13H2,(H,21,22). The van der Waals surface area contributed by atoms with Gasteiger partial charge in [0.15, 0.2) is 12.4 Å². The number of carbonyl (C=O) groups excluding carboxylic acids is 1. The first-order valence-corrected chi connectivity index (χ1v) is 10.7. The molecule has 0 aliphatic rings. The van der Waals surface area contributed by atoms with E-state index in [0.29, 0.717) is 12.2 Å². The molecule has 0 amide bonds. The number of Topliss-reactive ketones (excluding diaryl/α,β-unsaturated/α-hetero) is 1. The van der Waals surface area contributed by atoms with Crippen molar-refractivity contribution in [3.8, 4) is 5.75 Å². The van der Waals surface area contributed by atoms with Crippen molar-refractivity contribution in [1.29, 1.82) is 0 Å². The minimum Gasteiger partial charge on any atom is -0.485 e. The van der Waals surface area contributed by atoms with Gasteiger partial charge in [0.25, 0.3) is 0 Å². The van der Waals surface area contributed by atoms with Gasteiger partial charge in [-0.2, -0.15) is 0 Å². The molecule has 0 bridgehead atoms. The molecule has 9 heteroatoms. The number of rotatable bonds is 9. The zero-order valence-electron chi connectivity index (χ0n) is 14.8. The molecule has 0 fully saturated rings. The molecule has 0 aliphatic heterocycles. The van der Waals surface area contributed by atoms with Gasteiger partial charge in [-0.15, -0.1) is 0 Å². The summed E-state index contributed by atoms with van der Waals surface area (Å²) in [6.45, 7) is 0.111. The number of imidazole rings is 1. The molecular formula is C19H18BrN3O4S. The van der Waals surface area contributed by atoms with E-state index in [2.05, 4.69) is 30.6 Å². The van der Waals surface area contributed by atoms with E-state index < -0.39 is 10.0 Å². The van der Waals surface area contributed by atoms with Gasteiger partial charge < -0.3 is 9.72 Å². The molecule has 0 radical (unpaired) electrons. The van der Waals surface area contributed by atoms with Crippen LogP contribution < -0.4 is 9.46 Å². The number of ether oxygens (including phenoxy) is 1. The van der Waals surface area contributed by atoms with Crippen LogP contribution in [0.1, 0.15) is 16.2 Å². The molecular weight excluding hydrogens is 446 g/mol. The topological polar surface area (TPSA) is 101 Å². The Morgan fingerprint density at radius 1 is 1.18 bits per heavy atom. The number of nitrogens with one attached hydrogen (secondary N) is 2. The summed E-state index contributed by atoms with van der Waals surface area (Å²) in [5.74, 6) is 0.532. The van der Waals surface area contributed by atoms with E-state index in [9.17, 15) is 13.2 Å². The fourth-order valence-corrected chi connectivity index (χ4v) is 3.75.